The van der Waals surface area contributed by atoms with Gasteiger partial charge in [-0.2, -0.15) is 5.10 Å². The number of carbonyl (C=O) groups excluding carboxylic acids is 2. The second-order valence-corrected chi connectivity index (χ2v) is 10.1. The van der Waals surface area contributed by atoms with Gasteiger partial charge in [0.25, 0.3) is 11.8 Å². The normalized spacial score (nSPS) is 11.8. The number of nitrogens with zero attached hydrogens (tertiary/aromatic N) is 1. The van der Waals surface area contributed by atoms with Gasteiger partial charge in [-0.15, -0.1) is 6.58 Å². The monoisotopic (exact) mass is 581 g/mol. The summed E-state index contributed by atoms with van der Waals surface area (Å²) >= 11 is 12.2. The maximum absolute atomic E-state index is 12.9. The molecule has 3 aromatic rings. The van der Waals surface area contributed by atoms with Crippen molar-refractivity contribution in [2.45, 2.75) is 39.8 Å². The van der Waals surface area contributed by atoms with Gasteiger partial charge in [0, 0.05) is 26.7 Å². The van der Waals surface area contributed by atoms with Crippen LogP contribution in [0.3, 0.4) is 0 Å². The minimum Gasteiger partial charge on any atom is -0.490 e. The summed E-state index contributed by atoms with van der Waals surface area (Å²) in [7, 11) is 0. The van der Waals surface area contributed by atoms with Crippen molar-refractivity contribution in [3.8, 4) is 11.5 Å². The van der Waals surface area contributed by atoms with E-state index < -0.39 is 11.9 Å². The van der Waals surface area contributed by atoms with E-state index in [1.54, 1.807) is 36.4 Å². The lowest BCUT2D eigenvalue weighted by atomic mass is 10.0. The lowest BCUT2D eigenvalue weighted by Gasteiger charge is -2.20. The molecular formula is C31H33Cl2N3O4. The van der Waals surface area contributed by atoms with E-state index in [0.717, 1.165) is 11.1 Å². The predicted octanol–water partition coefficient (Wildman–Crippen LogP) is 6.60. The highest BCUT2D eigenvalue weighted by Crippen LogP contribution is 2.34. The average molecular weight is 583 g/mol. The van der Waals surface area contributed by atoms with Gasteiger partial charge in [0.05, 0.1) is 12.8 Å². The van der Waals surface area contributed by atoms with E-state index in [9.17, 15) is 9.59 Å². The smallest absolute Gasteiger partial charge is 0.262 e. The highest BCUT2D eigenvalue weighted by molar-refractivity contribution is 6.31. The molecular weight excluding hydrogens is 549 g/mol. The van der Waals surface area contributed by atoms with Crippen LogP contribution in [0, 0.1) is 5.92 Å². The molecule has 1 atom stereocenters. The zero-order valence-electron chi connectivity index (χ0n) is 22.7. The van der Waals surface area contributed by atoms with Crippen LogP contribution in [0.25, 0.3) is 0 Å². The quantitative estimate of drug-likeness (QED) is 0.135. The number of hydrogen-bond acceptors (Lipinski definition) is 5. The highest BCUT2D eigenvalue weighted by atomic mass is 35.5. The Morgan fingerprint density at radius 2 is 1.75 bits per heavy atom. The van der Waals surface area contributed by atoms with Crippen molar-refractivity contribution in [3.63, 3.8) is 0 Å². The van der Waals surface area contributed by atoms with E-state index in [1.165, 1.54) is 6.21 Å². The molecule has 0 aliphatic rings. The highest BCUT2D eigenvalue weighted by Gasteiger charge is 2.24. The Balaban J connectivity index is 1.76. The molecule has 0 saturated carbocycles. The molecule has 3 aromatic carbocycles. The second-order valence-electron chi connectivity index (χ2n) is 9.25. The van der Waals surface area contributed by atoms with Crippen LogP contribution < -0.4 is 20.2 Å². The van der Waals surface area contributed by atoms with Crippen molar-refractivity contribution in [3.05, 3.63) is 106 Å². The number of rotatable bonds is 13. The molecule has 0 bridgehead atoms. The minimum absolute atomic E-state index is 0.176. The number of halogens is 2. The summed E-state index contributed by atoms with van der Waals surface area (Å²) in [6.07, 6.45) is 3.81. The molecule has 0 fully saturated rings. The Hall–Kier alpha value is -3.81. The number of benzene rings is 3. The third kappa shape index (κ3) is 8.60. The third-order valence-corrected chi connectivity index (χ3v) is 6.50. The fourth-order valence-electron chi connectivity index (χ4n) is 3.86. The minimum atomic E-state index is -0.795. The lowest BCUT2D eigenvalue weighted by Crippen LogP contribution is -2.48. The summed E-state index contributed by atoms with van der Waals surface area (Å²) in [5.41, 5.74) is 5.33. The van der Waals surface area contributed by atoms with Crippen LogP contribution in [-0.4, -0.2) is 30.7 Å². The first kappa shape index (κ1) is 30.7. The molecule has 210 valence electrons. The SMILES string of the molecule is C=CCc1cc(C=NNC(=O)C(NC(=O)c2ccc(Cl)cc2)C(C)C)cc(OCC)c1OCc1ccccc1Cl. The van der Waals surface area contributed by atoms with Gasteiger partial charge in [-0.3, -0.25) is 9.59 Å². The number of allylic oxidation sites excluding steroid dienone is 1. The van der Waals surface area contributed by atoms with E-state index in [0.29, 0.717) is 45.7 Å². The van der Waals surface area contributed by atoms with Crippen LogP contribution >= 0.6 is 23.2 Å². The standard InChI is InChI=1S/C31H33Cl2N3O4/c1-5-9-23-16-21(17-27(39-6-2)29(23)40-19-24-10-7-8-11-26(24)33)18-34-36-31(38)28(20(3)4)35-30(37)22-12-14-25(32)15-13-22/h5,7-8,10-18,20,28H,1,6,9,19H2,2-4H3,(H,35,37)(H,36,38). The van der Waals surface area contributed by atoms with Crippen molar-refractivity contribution in [2.75, 3.05) is 6.61 Å². The molecule has 9 heteroatoms. The lowest BCUT2D eigenvalue weighted by molar-refractivity contribution is -0.123. The van der Waals surface area contributed by atoms with Gasteiger partial charge in [-0.1, -0.05) is 61.3 Å². The Labute approximate surface area is 245 Å². The molecule has 1 unspecified atom stereocenters. The Morgan fingerprint density at radius 3 is 2.40 bits per heavy atom. The van der Waals surface area contributed by atoms with Crippen LogP contribution in [0.15, 0.2) is 78.4 Å². The first-order valence-electron chi connectivity index (χ1n) is 12.9. The molecule has 2 amide bonds. The molecule has 7 nitrogen and oxygen atoms in total. The molecule has 0 aromatic heterocycles. The Bertz CT molecular complexity index is 1360. The molecule has 3 rings (SSSR count). The third-order valence-electron chi connectivity index (χ3n) is 5.88. The van der Waals surface area contributed by atoms with Crippen molar-refractivity contribution < 1.29 is 19.1 Å². The molecule has 0 radical (unpaired) electrons. The van der Waals surface area contributed by atoms with Crippen LogP contribution in [0.2, 0.25) is 10.0 Å². The zero-order chi connectivity index (χ0) is 29.1. The number of ether oxygens (including phenoxy) is 2. The van der Waals surface area contributed by atoms with E-state index in [1.807, 2.05) is 51.1 Å². The van der Waals surface area contributed by atoms with E-state index in [2.05, 4.69) is 22.4 Å². The van der Waals surface area contributed by atoms with E-state index in [-0.39, 0.29) is 18.4 Å². The molecule has 0 heterocycles. The van der Waals surface area contributed by atoms with E-state index in [4.69, 9.17) is 32.7 Å². The van der Waals surface area contributed by atoms with Crippen LogP contribution in [-0.2, 0) is 17.8 Å². The molecule has 0 saturated heterocycles. The number of nitrogens with one attached hydrogen (secondary N) is 2. The van der Waals surface area contributed by atoms with Gasteiger partial charge in [0.2, 0.25) is 0 Å². The largest absolute Gasteiger partial charge is 0.490 e. The molecule has 0 spiro atoms. The van der Waals surface area contributed by atoms with Gasteiger partial charge in [-0.05, 0) is 67.3 Å². The summed E-state index contributed by atoms with van der Waals surface area (Å²) in [4.78, 5) is 25.6. The molecule has 0 aliphatic heterocycles. The van der Waals surface area contributed by atoms with Crippen LogP contribution in [0.1, 0.15) is 47.8 Å². The number of hydrogen-bond donors (Lipinski definition) is 2. The Morgan fingerprint density at radius 1 is 1.02 bits per heavy atom. The average Bonchev–Trinajstić information content (AvgIpc) is 2.92. The second kappa shape index (κ2) is 15.1. The van der Waals surface area contributed by atoms with Gasteiger partial charge in [0.15, 0.2) is 11.5 Å². The van der Waals surface area contributed by atoms with Crippen molar-refractivity contribution in [1.29, 1.82) is 0 Å². The van der Waals surface area contributed by atoms with E-state index >= 15 is 0 Å². The van der Waals surface area contributed by atoms with Gasteiger partial charge in [-0.25, -0.2) is 5.43 Å². The first-order chi connectivity index (χ1) is 19.2. The summed E-state index contributed by atoms with van der Waals surface area (Å²) in [5.74, 6) is 0.135. The van der Waals surface area contributed by atoms with Crippen LogP contribution in [0.5, 0.6) is 11.5 Å². The zero-order valence-corrected chi connectivity index (χ0v) is 24.3. The van der Waals surface area contributed by atoms with Crippen molar-refractivity contribution >= 4 is 41.2 Å². The summed E-state index contributed by atoms with van der Waals surface area (Å²) in [5, 5.41) is 8.05. The topological polar surface area (TPSA) is 89.0 Å². The first-order valence-corrected chi connectivity index (χ1v) is 13.6. The molecule has 40 heavy (non-hydrogen) atoms. The van der Waals surface area contributed by atoms with Crippen molar-refractivity contribution in [2.24, 2.45) is 11.0 Å². The summed E-state index contributed by atoms with van der Waals surface area (Å²) in [6, 6.07) is 16.8. The van der Waals surface area contributed by atoms with Gasteiger partial charge >= 0.3 is 0 Å². The van der Waals surface area contributed by atoms with Gasteiger partial charge in [0.1, 0.15) is 12.6 Å². The maximum Gasteiger partial charge on any atom is 0.262 e. The maximum atomic E-state index is 12.9. The molecule has 2 N–H and O–H groups in total. The fourth-order valence-corrected chi connectivity index (χ4v) is 4.17. The van der Waals surface area contributed by atoms with Gasteiger partial charge < -0.3 is 14.8 Å². The number of amides is 2. The summed E-state index contributed by atoms with van der Waals surface area (Å²) in [6.45, 7) is 10.1. The summed E-state index contributed by atoms with van der Waals surface area (Å²) < 4.78 is 12.0. The number of carbonyl (C=O) groups is 2. The predicted molar refractivity (Wildman–Crippen MR) is 161 cm³/mol. The molecule has 0 aliphatic carbocycles. The van der Waals surface area contributed by atoms with Crippen LogP contribution in [0.4, 0.5) is 0 Å². The Kier molecular flexibility index (Phi) is 11.6. The fraction of sp³-hybridized carbons (Fsp3) is 0.258. The van der Waals surface area contributed by atoms with Crippen molar-refractivity contribution in [1.82, 2.24) is 10.7 Å². The number of hydrazone groups is 1.